The molecule has 0 radical (unpaired) electrons. The molecule has 1 aromatic carbocycles. The Balaban J connectivity index is 0.00000324. The summed E-state index contributed by atoms with van der Waals surface area (Å²) < 4.78 is 0.890. The van der Waals surface area contributed by atoms with Crippen molar-refractivity contribution in [1.29, 1.82) is 0 Å². The lowest BCUT2D eigenvalue weighted by Crippen LogP contribution is -3.00. The summed E-state index contributed by atoms with van der Waals surface area (Å²) in [5.74, 6) is 0. The van der Waals surface area contributed by atoms with Crippen LogP contribution in [-0.4, -0.2) is 31.3 Å². The molecule has 0 bridgehead atoms. The monoisotopic (exact) mass is 327 g/mol. The molecule has 0 saturated heterocycles. The van der Waals surface area contributed by atoms with Gasteiger partial charge < -0.3 is 22.1 Å². The summed E-state index contributed by atoms with van der Waals surface area (Å²) in [6.07, 6.45) is 4.12. The van der Waals surface area contributed by atoms with Gasteiger partial charge in [0.1, 0.15) is 12.2 Å². The van der Waals surface area contributed by atoms with E-state index in [2.05, 4.69) is 44.7 Å². The van der Waals surface area contributed by atoms with Crippen molar-refractivity contribution in [2.75, 3.05) is 26.2 Å². The Labute approximate surface area is 128 Å². The molecular formula is C16H26BrNO. The van der Waals surface area contributed by atoms with Crippen molar-refractivity contribution in [2.45, 2.75) is 26.7 Å². The third-order valence-corrected chi connectivity index (χ3v) is 3.51. The molecule has 0 aliphatic heterocycles. The van der Waals surface area contributed by atoms with Gasteiger partial charge in [0.05, 0.1) is 19.7 Å². The lowest BCUT2D eigenvalue weighted by atomic mass is 10.1. The summed E-state index contributed by atoms with van der Waals surface area (Å²) in [6.45, 7) is 11.4. The van der Waals surface area contributed by atoms with Crippen LogP contribution in [0.3, 0.4) is 0 Å². The highest BCUT2D eigenvalue weighted by Crippen LogP contribution is 2.25. The van der Waals surface area contributed by atoms with E-state index < -0.39 is 0 Å². The highest BCUT2D eigenvalue weighted by molar-refractivity contribution is 5.53. The predicted octanol–water partition coefficient (Wildman–Crippen LogP) is 0.453. The average molecular weight is 328 g/mol. The molecule has 0 saturated carbocycles. The third-order valence-electron chi connectivity index (χ3n) is 3.51. The maximum Gasteiger partial charge on any atom is 0.132 e. The Morgan fingerprint density at radius 3 is 1.95 bits per heavy atom. The minimum atomic E-state index is 0. The fourth-order valence-corrected chi connectivity index (χ4v) is 2.70. The Hall–Kier alpha value is -0.640. The molecule has 0 aromatic heterocycles. The molecule has 0 heterocycles. The second kappa shape index (κ2) is 9.29. The first kappa shape index (κ1) is 18.4. The zero-order valence-corrected chi connectivity index (χ0v) is 13.7. The zero-order valence-electron chi connectivity index (χ0n) is 12.1. The van der Waals surface area contributed by atoms with Crippen LogP contribution in [0, 0.1) is 0 Å². The number of hydrogen-bond acceptors (Lipinski definition) is 1. The van der Waals surface area contributed by atoms with Crippen LogP contribution >= 0.6 is 0 Å². The van der Waals surface area contributed by atoms with Crippen LogP contribution in [0.2, 0.25) is 0 Å². The van der Waals surface area contributed by atoms with E-state index >= 15 is 0 Å². The molecule has 108 valence electrons. The van der Waals surface area contributed by atoms with Crippen LogP contribution in [0.1, 0.15) is 32.3 Å². The first-order chi connectivity index (χ1) is 8.72. The third kappa shape index (κ3) is 4.75. The molecule has 0 spiro atoms. The smallest absolute Gasteiger partial charge is 0.132 e. The molecule has 1 aromatic rings. The topological polar surface area (TPSA) is 20.2 Å². The molecule has 0 fully saturated rings. The van der Waals surface area contributed by atoms with Gasteiger partial charge in [-0.2, -0.15) is 0 Å². The van der Waals surface area contributed by atoms with E-state index in [0.717, 1.165) is 42.5 Å². The van der Waals surface area contributed by atoms with Crippen molar-refractivity contribution in [3.05, 3.63) is 36.4 Å². The Morgan fingerprint density at radius 2 is 1.58 bits per heavy atom. The maximum atomic E-state index is 9.39. The van der Waals surface area contributed by atoms with Crippen LogP contribution in [0.5, 0.6) is 0 Å². The van der Waals surface area contributed by atoms with Crippen molar-refractivity contribution < 1.29 is 22.1 Å². The Bertz CT molecular complexity index is 344. The summed E-state index contributed by atoms with van der Waals surface area (Å²) in [7, 11) is 0. The van der Waals surface area contributed by atoms with Gasteiger partial charge in [0.2, 0.25) is 0 Å². The summed E-state index contributed by atoms with van der Waals surface area (Å²) in [5.41, 5.74) is 2.45. The van der Waals surface area contributed by atoms with E-state index in [-0.39, 0.29) is 23.6 Å². The van der Waals surface area contributed by atoms with Gasteiger partial charge in [-0.25, -0.2) is 0 Å². The van der Waals surface area contributed by atoms with Gasteiger partial charge in [0, 0.05) is 0 Å². The maximum absolute atomic E-state index is 9.39. The molecule has 1 N–H and O–H groups in total. The second-order valence-electron chi connectivity index (χ2n) is 4.84. The number of aliphatic hydroxyl groups excluding tert-OH is 1. The van der Waals surface area contributed by atoms with E-state index in [4.69, 9.17) is 0 Å². The summed E-state index contributed by atoms with van der Waals surface area (Å²) >= 11 is 0. The molecule has 1 rings (SSSR count). The number of nitrogens with zero attached hydrogens (tertiary/aromatic N) is 1. The minimum absolute atomic E-state index is 0. The Morgan fingerprint density at radius 1 is 1.05 bits per heavy atom. The van der Waals surface area contributed by atoms with E-state index in [1.165, 1.54) is 5.69 Å². The van der Waals surface area contributed by atoms with Crippen LogP contribution in [0.15, 0.2) is 30.8 Å². The highest BCUT2D eigenvalue weighted by atomic mass is 79.9. The fourth-order valence-electron chi connectivity index (χ4n) is 2.70. The molecule has 0 aliphatic carbocycles. The van der Waals surface area contributed by atoms with Crippen molar-refractivity contribution in [3.8, 4) is 0 Å². The number of rotatable bonds is 8. The van der Waals surface area contributed by atoms with Crippen LogP contribution in [0.25, 0.3) is 6.08 Å². The highest BCUT2D eigenvalue weighted by Gasteiger charge is 2.27. The summed E-state index contributed by atoms with van der Waals surface area (Å²) in [4.78, 5) is 0. The van der Waals surface area contributed by atoms with Crippen LogP contribution in [-0.2, 0) is 0 Å². The van der Waals surface area contributed by atoms with Gasteiger partial charge in [0.15, 0.2) is 0 Å². The van der Waals surface area contributed by atoms with Crippen LogP contribution < -0.4 is 21.5 Å². The molecule has 2 nitrogen and oxygen atoms in total. The summed E-state index contributed by atoms with van der Waals surface area (Å²) in [6, 6.07) is 8.58. The van der Waals surface area contributed by atoms with E-state index in [0.29, 0.717) is 0 Å². The lowest BCUT2D eigenvalue weighted by molar-refractivity contribution is -0.00000520. The minimum Gasteiger partial charge on any atom is -1.00 e. The molecular weight excluding hydrogens is 302 g/mol. The predicted molar refractivity (Wildman–Crippen MR) is 80.6 cm³/mol. The molecule has 0 amide bonds. The number of halogens is 1. The lowest BCUT2D eigenvalue weighted by Gasteiger charge is -2.37. The van der Waals surface area contributed by atoms with Gasteiger partial charge in [-0.05, 0) is 42.7 Å². The summed E-state index contributed by atoms with van der Waals surface area (Å²) in [5, 5.41) is 9.39. The fraction of sp³-hybridized carbons (Fsp3) is 0.500. The van der Waals surface area contributed by atoms with E-state index in [9.17, 15) is 5.11 Å². The molecule has 3 heteroatoms. The van der Waals surface area contributed by atoms with Gasteiger partial charge >= 0.3 is 0 Å². The van der Waals surface area contributed by atoms with E-state index in [1.807, 2.05) is 6.08 Å². The van der Waals surface area contributed by atoms with Crippen molar-refractivity contribution in [2.24, 2.45) is 0 Å². The molecule has 0 aliphatic rings. The standard InChI is InChI=1S/C16H26NO.BrH/c1-4-11-17(12-5-2,13-14-18)16-9-7-15(6-3)8-10-16;/h6-10,18H,3-5,11-14H2,1-2H3;1H/q+1;/p-1. The van der Waals surface area contributed by atoms with Crippen LogP contribution in [0.4, 0.5) is 5.69 Å². The quantitative estimate of drug-likeness (QED) is 0.687. The van der Waals surface area contributed by atoms with Crippen molar-refractivity contribution in [1.82, 2.24) is 4.48 Å². The second-order valence-corrected chi connectivity index (χ2v) is 4.84. The van der Waals surface area contributed by atoms with Crippen molar-refractivity contribution >= 4 is 11.8 Å². The number of hydrogen-bond donors (Lipinski definition) is 1. The first-order valence-electron chi connectivity index (χ1n) is 6.92. The molecule has 0 unspecified atom stereocenters. The number of benzene rings is 1. The SMILES string of the molecule is C=Cc1ccc([N+](CCC)(CCC)CCO)cc1.[Br-]. The van der Waals surface area contributed by atoms with Gasteiger partial charge in [0.25, 0.3) is 0 Å². The number of quaternary nitrogens is 1. The normalized spacial score (nSPS) is 10.9. The average Bonchev–Trinajstić information content (AvgIpc) is 2.39. The van der Waals surface area contributed by atoms with Crippen molar-refractivity contribution in [3.63, 3.8) is 0 Å². The molecule has 19 heavy (non-hydrogen) atoms. The first-order valence-corrected chi connectivity index (χ1v) is 6.92. The van der Waals surface area contributed by atoms with Gasteiger partial charge in [-0.15, -0.1) is 0 Å². The van der Waals surface area contributed by atoms with Gasteiger partial charge in [-0.3, -0.25) is 4.48 Å². The Kier molecular flexibility index (Phi) is 8.98. The van der Waals surface area contributed by atoms with Gasteiger partial charge in [-0.1, -0.05) is 26.5 Å². The molecule has 0 atom stereocenters. The number of aliphatic hydroxyl groups is 1. The van der Waals surface area contributed by atoms with E-state index in [1.54, 1.807) is 0 Å². The zero-order chi connectivity index (χ0) is 13.4. The largest absolute Gasteiger partial charge is 1.00 e.